The number of nitrogens with zero attached hydrogens (tertiary/aromatic N) is 4. The van der Waals surface area contributed by atoms with Gasteiger partial charge in [0.1, 0.15) is 0 Å². The van der Waals surface area contributed by atoms with E-state index < -0.39 is 13.8 Å². The fraction of sp³-hybridized carbons (Fsp3) is 0.107. The van der Waals surface area contributed by atoms with Gasteiger partial charge in [-0.25, -0.2) is 0 Å². The molecular formula is C28H24ClN4O5P. The Balaban J connectivity index is 1.90. The summed E-state index contributed by atoms with van der Waals surface area (Å²) in [6.45, 7) is 0. The summed E-state index contributed by atoms with van der Waals surface area (Å²) >= 11 is 6.17. The maximum atomic E-state index is 12.9. The normalized spacial score (nSPS) is 13.7. The number of rotatable bonds is 6. The molecule has 0 fully saturated rings. The molecule has 39 heavy (non-hydrogen) atoms. The molecule has 0 amide bonds. The third kappa shape index (κ3) is 4.86. The first-order valence-electron chi connectivity index (χ1n) is 11.8. The van der Waals surface area contributed by atoms with E-state index in [1.807, 2.05) is 0 Å². The van der Waals surface area contributed by atoms with Crippen molar-refractivity contribution >= 4 is 30.7 Å². The molecule has 0 aliphatic heterocycles. The Hall–Kier alpha value is -3.87. The number of halogens is 1. The fourth-order valence-corrected chi connectivity index (χ4v) is 5.77. The Labute approximate surface area is 229 Å². The van der Waals surface area contributed by atoms with Crippen LogP contribution in [0.2, 0.25) is 5.02 Å². The minimum absolute atomic E-state index is 0.244. The molecule has 0 saturated carbocycles. The van der Waals surface area contributed by atoms with Crippen LogP contribution in [-0.4, -0.2) is 28.8 Å². The molecule has 3 aromatic carbocycles. The van der Waals surface area contributed by atoms with Gasteiger partial charge in [0.05, 0.1) is 0 Å². The van der Waals surface area contributed by atoms with Crippen molar-refractivity contribution in [3.63, 3.8) is 0 Å². The van der Waals surface area contributed by atoms with Gasteiger partial charge in [-0.3, -0.25) is 0 Å². The summed E-state index contributed by atoms with van der Waals surface area (Å²) in [5.41, 5.74) is 1.54. The fourth-order valence-electron chi connectivity index (χ4n) is 4.89. The standard InChI is InChI=1S/C28H24ClN4O5P/c1-32-17-31-16-26(32)28(38-39(35,36)37,20-6-9-22(29)10-7-20)21-8-11-25-24(13-21)23(14-27(34)33(25)2)19-5-3-4-18(12-19)15-30/h3-14,16-17,35-37,39H,1-2H3/t28-/m1/s1. The van der Waals surface area contributed by atoms with E-state index in [-0.39, 0.29) is 5.56 Å². The Morgan fingerprint density at radius 1 is 1.00 bits per heavy atom. The van der Waals surface area contributed by atoms with E-state index in [4.69, 9.17) is 16.1 Å². The van der Waals surface area contributed by atoms with Crippen LogP contribution in [0.1, 0.15) is 22.4 Å². The maximum absolute atomic E-state index is 12.9. The zero-order valence-corrected chi connectivity index (χ0v) is 22.7. The molecule has 0 bridgehead atoms. The van der Waals surface area contributed by atoms with E-state index >= 15 is 0 Å². The minimum atomic E-state index is -5.19. The van der Waals surface area contributed by atoms with Gasteiger partial charge >= 0.3 is 229 Å². The monoisotopic (exact) mass is 562 g/mol. The zero-order chi connectivity index (χ0) is 27.9. The van der Waals surface area contributed by atoms with Crippen molar-refractivity contribution in [3.05, 3.63) is 123 Å². The van der Waals surface area contributed by atoms with Crippen LogP contribution in [-0.2, 0) is 24.2 Å². The van der Waals surface area contributed by atoms with Gasteiger partial charge in [0, 0.05) is 0 Å². The number of aromatic nitrogens is 3. The first kappa shape index (κ1) is 26.7. The van der Waals surface area contributed by atoms with Gasteiger partial charge in [-0.1, -0.05) is 0 Å². The third-order valence-corrected chi connectivity index (χ3v) is 7.51. The first-order chi connectivity index (χ1) is 18.5. The van der Waals surface area contributed by atoms with Crippen molar-refractivity contribution in [1.82, 2.24) is 14.1 Å². The van der Waals surface area contributed by atoms with Gasteiger partial charge in [0.25, 0.3) is 0 Å². The van der Waals surface area contributed by atoms with Gasteiger partial charge < -0.3 is 0 Å². The first-order valence-corrected chi connectivity index (χ1v) is 13.9. The van der Waals surface area contributed by atoms with Crippen molar-refractivity contribution in [2.24, 2.45) is 14.1 Å². The molecule has 198 valence electrons. The number of fused-ring (bicyclic) bond motifs is 1. The molecule has 11 heteroatoms. The number of benzene rings is 3. The van der Waals surface area contributed by atoms with Crippen LogP contribution in [0.4, 0.5) is 0 Å². The number of imidazole rings is 1. The summed E-state index contributed by atoms with van der Waals surface area (Å²) in [5, 5.41) is 10.5. The number of nitriles is 1. The summed E-state index contributed by atoms with van der Waals surface area (Å²) < 4.78 is 8.98. The molecular weight excluding hydrogens is 539 g/mol. The molecule has 0 aliphatic rings. The second kappa shape index (κ2) is 10.0. The average Bonchev–Trinajstić information content (AvgIpc) is 3.35. The second-order valence-corrected chi connectivity index (χ2v) is 10.9. The SMILES string of the molecule is Cn1cncc1[C@@](O[PH](O)(O)O)(c1ccc(Cl)cc1)c1ccc2c(c1)c(-c1cccc(C#N)c1)cc(=O)n2C. The Bertz CT molecular complexity index is 1800. The molecule has 5 rings (SSSR count). The molecule has 9 nitrogen and oxygen atoms in total. The Kier molecular flexibility index (Phi) is 6.87. The number of aryl methyl sites for hydroxylation is 2. The number of hydrogen-bond acceptors (Lipinski definition) is 7. The zero-order valence-electron chi connectivity index (χ0n) is 20.9. The topological polar surface area (TPSA) is 134 Å². The van der Waals surface area contributed by atoms with Crippen molar-refractivity contribution in [3.8, 4) is 17.2 Å². The van der Waals surface area contributed by atoms with Crippen LogP contribution in [0.3, 0.4) is 0 Å². The predicted octanol–water partition coefficient (Wildman–Crippen LogP) is 4.16. The van der Waals surface area contributed by atoms with E-state index in [2.05, 4.69) is 11.1 Å². The molecule has 5 aromatic rings. The van der Waals surface area contributed by atoms with Crippen LogP contribution in [0.15, 0.2) is 90.1 Å². The van der Waals surface area contributed by atoms with Crippen LogP contribution < -0.4 is 5.56 Å². The second-order valence-electron chi connectivity index (χ2n) is 9.13. The predicted molar refractivity (Wildman–Crippen MR) is 150 cm³/mol. The van der Waals surface area contributed by atoms with Gasteiger partial charge in [0.2, 0.25) is 0 Å². The summed E-state index contributed by atoms with van der Waals surface area (Å²) in [5.74, 6) is 0. The van der Waals surface area contributed by atoms with Crippen LogP contribution in [0, 0.1) is 11.3 Å². The van der Waals surface area contributed by atoms with E-state index in [1.54, 1.807) is 85.4 Å². The molecule has 2 heterocycles. The van der Waals surface area contributed by atoms with Gasteiger partial charge in [-0.2, -0.15) is 0 Å². The molecule has 0 unspecified atom stereocenters. The molecule has 0 saturated heterocycles. The summed E-state index contributed by atoms with van der Waals surface area (Å²) in [7, 11) is -1.83. The molecule has 3 N–H and O–H groups in total. The quantitative estimate of drug-likeness (QED) is 0.265. The van der Waals surface area contributed by atoms with E-state index in [0.29, 0.717) is 49.4 Å². The van der Waals surface area contributed by atoms with Crippen LogP contribution in [0.5, 0.6) is 0 Å². The van der Waals surface area contributed by atoms with E-state index in [9.17, 15) is 24.7 Å². The summed E-state index contributed by atoms with van der Waals surface area (Å²) in [6.07, 6.45) is 3.04. The number of pyridine rings is 1. The van der Waals surface area contributed by atoms with E-state index in [1.165, 1.54) is 23.2 Å². The molecule has 0 radical (unpaired) electrons. The van der Waals surface area contributed by atoms with Gasteiger partial charge in [-0.05, 0) is 0 Å². The van der Waals surface area contributed by atoms with Crippen LogP contribution >= 0.6 is 19.8 Å². The third-order valence-electron chi connectivity index (χ3n) is 6.67. The van der Waals surface area contributed by atoms with E-state index in [0.717, 1.165) is 0 Å². The summed E-state index contributed by atoms with van der Waals surface area (Å²) in [6, 6.07) is 22.3. The Morgan fingerprint density at radius 3 is 2.36 bits per heavy atom. The van der Waals surface area contributed by atoms with Gasteiger partial charge in [0.15, 0.2) is 0 Å². The summed E-state index contributed by atoms with van der Waals surface area (Å²) in [4.78, 5) is 48.0. The molecule has 2 aromatic heterocycles. The van der Waals surface area contributed by atoms with Crippen LogP contribution in [0.25, 0.3) is 22.0 Å². The van der Waals surface area contributed by atoms with Crippen molar-refractivity contribution in [1.29, 1.82) is 5.26 Å². The molecule has 0 aliphatic carbocycles. The van der Waals surface area contributed by atoms with Crippen molar-refractivity contribution < 1.29 is 19.2 Å². The van der Waals surface area contributed by atoms with Gasteiger partial charge in [-0.15, -0.1) is 0 Å². The van der Waals surface area contributed by atoms with Crippen molar-refractivity contribution in [2.45, 2.75) is 5.60 Å². The average molecular weight is 563 g/mol. The molecule has 1 atom stereocenters. The Morgan fingerprint density at radius 2 is 1.72 bits per heavy atom. The number of hydrogen-bond donors (Lipinski definition) is 3. The molecule has 0 spiro atoms. The van der Waals surface area contributed by atoms with Crippen molar-refractivity contribution in [2.75, 3.05) is 0 Å².